The predicted molar refractivity (Wildman–Crippen MR) is 257 cm³/mol. The second-order valence-electron chi connectivity index (χ2n) is 15.3. The first-order valence-electron chi connectivity index (χ1n) is 20.6. The van der Waals surface area contributed by atoms with Gasteiger partial charge in [-0.05, 0) is 115 Å². The third-order valence-electron chi connectivity index (χ3n) is 11.8. The van der Waals surface area contributed by atoms with Crippen LogP contribution >= 0.6 is 0 Å². The Morgan fingerprint density at radius 1 is 0.200 bits per heavy atom. The van der Waals surface area contributed by atoms with E-state index in [2.05, 4.69) is 252 Å². The molecule has 0 saturated carbocycles. The van der Waals surface area contributed by atoms with E-state index in [1.54, 1.807) is 0 Å². The molecule has 0 bridgehead atoms. The van der Waals surface area contributed by atoms with Gasteiger partial charge in [0, 0.05) is 33.5 Å². The van der Waals surface area contributed by atoms with Crippen molar-refractivity contribution in [1.29, 1.82) is 0 Å². The molecule has 0 unspecified atom stereocenters. The molecule has 0 atom stereocenters. The van der Waals surface area contributed by atoms with Crippen LogP contribution in [0.4, 0.5) is 34.1 Å². The Kier molecular flexibility index (Phi) is 8.87. The normalized spacial score (nSPS) is 11.3. The van der Waals surface area contributed by atoms with Crippen LogP contribution in [0, 0.1) is 0 Å². The van der Waals surface area contributed by atoms with Gasteiger partial charge in [-0.1, -0.05) is 182 Å². The lowest BCUT2D eigenvalue weighted by atomic mass is 9.98. The summed E-state index contributed by atoms with van der Waals surface area (Å²) in [6, 6.07) is 87.8. The predicted octanol–water partition coefficient (Wildman–Crippen LogP) is 16.6. The van der Waals surface area contributed by atoms with Crippen molar-refractivity contribution in [2.45, 2.75) is 0 Å². The summed E-state index contributed by atoms with van der Waals surface area (Å²) in [6.45, 7) is 0. The Hall–Kier alpha value is -7.94. The zero-order valence-corrected chi connectivity index (χ0v) is 33.0. The number of benzene rings is 11. The second kappa shape index (κ2) is 15.1. The van der Waals surface area contributed by atoms with Gasteiger partial charge in [-0.15, -0.1) is 0 Å². The third kappa shape index (κ3) is 6.32. The van der Waals surface area contributed by atoms with Gasteiger partial charge in [-0.25, -0.2) is 0 Å². The van der Waals surface area contributed by atoms with E-state index in [1.165, 1.54) is 65.3 Å². The standard InChI is InChI=1S/C58H40N2/c1-3-17-47(18-4-1)59(57-39-45-15-7-9-21-51(45)53-23-11-13-25-55(53)57)49-35-31-43(32-36-49)41-27-29-42(30-28-41)44-33-37-50(38-34-44)60(48-19-5-2-6-20-48)58-40-46-16-8-10-22-52(46)54-24-12-14-26-56(54)58/h1-40H. The molecule has 0 amide bonds. The fourth-order valence-corrected chi connectivity index (χ4v) is 8.91. The SMILES string of the molecule is c1ccc(N(c2ccc(-c3ccc(-c4ccc(N(c5ccccc5)c5cc6ccccc6c6ccccc56)cc4)cc3)cc2)c2cc3ccccc3c3ccccc23)cc1. The van der Waals surface area contributed by atoms with Crippen LogP contribution in [-0.2, 0) is 0 Å². The Morgan fingerprint density at radius 3 is 0.833 bits per heavy atom. The molecule has 0 radical (unpaired) electrons. The van der Waals surface area contributed by atoms with Gasteiger partial charge < -0.3 is 9.80 Å². The summed E-state index contributed by atoms with van der Waals surface area (Å²) in [6.07, 6.45) is 0. The molecule has 11 rings (SSSR count). The summed E-state index contributed by atoms with van der Waals surface area (Å²) in [5.74, 6) is 0. The molecule has 0 aromatic heterocycles. The van der Waals surface area contributed by atoms with Gasteiger partial charge in [0.1, 0.15) is 0 Å². The van der Waals surface area contributed by atoms with Crippen LogP contribution in [0.3, 0.4) is 0 Å². The summed E-state index contributed by atoms with van der Waals surface area (Å²) < 4.78 is 0. The molecule has 11 aromatic carbocycles. The lowest BCUT2D eigenvalue weighted by Crippen LogP contribution is -2.10. The van der Waals surface area contributed by atoms with Crippen LogP contribution in [0.15, 0.2) is 243 Å². The van der Waals surface area contributed by atoms with Crippen molar-refractivity contribution in [1.82, 2.24) is 0 Å². The molecule has 0 aliphatic rings. The van der Waals surface area contributed by atoms with E-state index in [0.717, 1.165) is 34.1 Å². The summed E-state index contributed by atoms with van der Waals surface area (Å²) in [5.41, 5.74) is 11.5. The lowest BCUT2D eigenvalue weighted by Gasteiger charge is -2.28. The molecule has 282 valence electrons. The summed E-state index contributed by atoms with van der Waals surface area (Å²) in [7, 11) is 0. The van der Waals surface area contributed by atoms with E-state index in [9.17, 15) is 0 Å². The van der Waals surface area contributed by atoms with E-state index in [4.69, 9.17) is 0 Å². The molecule has 0 spiro atoms. The van der Waals surface area contributed by atoms with Gasteiger partial charge in [0.15, 0.2) is 0 Å². The number of rotatable bonds is 8. The van der Waals surface area contributed by atoms with E-state index in [-0.39, 0.29) is 0 Å². The molecule has 0 aliphatic carbocycles. The minimum Gasteiger partial charge on any atom is -0.310 e. The molecule has 0 fully saturated rings. The van der Waals surface area contributed by atoms with E-state index >= 15 is 0 Å². The zero-order chi connectivity index (χ0) is 39.8. The highest BCUT2D eigenvalue weighted by Crippen LogP contribution is 2.44. The molecular weight excluding hydrogens is 725 g/mol. The van der Waals surface area contributed by atoms with Crippen LogP contribution < -0.4 is 9.80 Å². The first-order valence-corrected chi connectivity index (χ1v) is 20.6. The molecule has 11 aromatic rings. The van der Waals surface area contributed by atoms with Crippen LogP contribution in [0.2, 0.25) is 0 Å². The molecule has 0 saturated heterocycles. The van der Waals surface area contributed by atoms with Crippen LogP contribution in [0.1, 0.15) is 0 Å². The molecule has 2 heteroatoms. The first kappa shape index (κ1) is 35.2. The molecular formula is C58H40N2. The number of anilines is 6. The van der Waals surface area contributed by atoms with E-state index in [1.807, 2.05) is 0 Å². The highest BCUT2D eigenvalue weighted by molar-refractivity contribution is 6.15. The topological polar surface area (TPSA) is 6.48 Å². The number of nitrogens with zero attached hydrogens (tertiary/aromatic N) is 2. The van der Waals surface area contributed by atoms with Gasteiger partial charge >= 0.3 is 0 Å². The molecule has 2 nitrogen and oxygen atoms in total. The Balaban J connectivity index is 0.912. The minimum atomic E-state index is 1.11. The lowest BCUT2D eigenvalue weighted by molar-refractivity contribution is 1.30. The van der Waals surface area contributed by atoms with Crippen molar-refractivity contribution in [3.63, 3.8) is 0 Å². The monoisotopic (exact) mass is 764 g/mol. The van der Waals surface area contributed by atoms with Gasteiger partial charge in [-0.3, -0.25) is 0 Å². The highest BCUT2D eigenvalue weighted by Gasteiger charge is 2.19. The van der Waals surface area contributed by atoms with Crippen LogP contribution in [-0.4, -0.2) is 0 Å². The Morgan fingerprint density at radius 2 is 0.467 bits per heavy atom. The van der Waals surface area contributed by atoms with Crippen molar-refractivity contribution in [2.75, 3.05) is 9.80 Å². The Bertz CT molecular complexity index is 3060. The van der Waals surface area contributed by atoms with E-state index in [0.29, 0.717) is 0 Å². The first-order chi connectivity index (χ1) is 29.8. The Labute approximate surface area is 350 Å². The van der Waals surface area contributed by atoms with Crippen LogP contribution in [0.5, 0.6) is 0 Å². The summed E-state index contributed by atoms with van der Waals surface area (Å²) in [5, 5.41) is 9.95. The highest BCUT2D eigenvalue weighted by atomic mass is 15.1. The molecule has 0 N–H and O–H groups in total. The maximum absolute atomic E-state index is 2.38. The van der Waals surface area contributed by atoms with Gasteiger partial charge in [0.2, 0.25) is 0 Å². The van der Waals surface area contributed by atoms with Gasteiger partial charge in [0.05, 0.1) is 11.4 Å². The quantitative estimate of drug-likeness (QED) is 0.142. The van der Waals surface area contributed by atoms with Crippen molar-refractivity contribution in [3.8, 4) is 22.3 Å². The zero-order valence-electron chi connectivity index (χ0n) is 33.0. The smallest absolute Gasteiger partial charge is 0.0546 e. The van der Waals surface area contributed by atoms with Crippen molar-refractivity contribution in [3.05, 3.63) is 243 Å². The molecule has 60 heavy (non-hydrogen) atoms. The minimum absolute atomic E-state index is 1.11. The number of para-hydroxylation sites is 2. The fourth-order valence-electron chi connectivity index (χ4n) is 8.91. The van der Waals surface area contributed by atoms with Gasteiger partial charge in [0.25, 0.3) is 0 Å². The maximum Gasteiger partial charge on any atom is 0.0546 e. The molecule has 0 aliphatic heterocycles. The number of fused-ring (bicyclic) bond motifs is 6. The maximum atomic E-state index is 2.38. The fraction of sp³-hybridized carbons (Fsp3) is 0. The summed E-state index contributed by atoms with van der Waals surface area (Å²) in [4.78, 5) is 4.76. The van der Waals surface area contributed by atoms with E-state index < -0.39 is 0 Å². The number of hydrogen-bond acceptors (Lipinski definition) is 2. The largest absolute Gasteiger partial charge is 0.310 e. The number of hydrogen-bond donors (Lipinski definition) is 0. The average Bonchev–Trinajstić information content (AvgIpc) is 3.33. The van der Waals surface area contributed by atoms with Crippen molar-refractivity contribution in [2.24, 2.45) is 0 Å². The van der Waals surface area contributed by atoms with Crippen molar-refractivity contribution < 1.29 is 0 Å². The summed E-state index contributed by atoms with van der Waals surface area (Å²) >= 11 is 0. The molecule has 0 heterocycles. The second-order valence-corrected chi connectivity index (χ2v) is 15.3. The third-order valence-corrected chi connectivity index (χ3v) is 11.8. The van der Waals surface area contributed by atoms with Crippen LogP contribution in [0.25, 0.3) is 65.3 Å². The van der Waals surface area contributed by atoms with Gasteiger partial charge in [-0.2, -0.15) is 0 Å². The average molecular weight is 765 g/mol. The van der Waals surface area contributed by atoms with Crippen molar-refractivity contribution >= 4 is 77.2 Å².